The molecule has 0 aliphatic carbocycles. The third kappa shape index (κ3) is 2.42. The molecule has 3 N–H and O–H groups in total. The quantitative estimate of drug-likeness (QED) is 0.669. The molecule has 25 heavy (non-hydrogen) atoms. The fraction of sp³-hybridized carbons (Fsp3) is 0.105. The second-order valence-corrected chi connectivity index (χ2v) is 5.83. The molecule has 1 aliphatic rings. The number of hydrogen-bond acceptors (Lipinski definition) is 5. The summed E-state index contributed by atoms with van der Waals surface area (Å²) < 4.78 is 5.48. The van der Waals surface area contributed by atoms with Gasteiger partial charge >= 0.3 is 0 Å². The highest BCUT2D eigenvalue weighted by atomic mass is 16.5. The van der Waals surface area contributed by atoms with E-state index in [0.29, 0.717) is 5.88 Å². The van der Waals surface area contributed by atoms with Crippen molar-refractivity contribution in [1.29, 1.82) is 10.7 Å². The summed E-state index contributed by atoms with van der Waals surface area (Å²) in [5, 5.41) is 34.7. The van der Waals surface area contributed by atoms with Crippen LogP contribution in [0.2, 0.25) is 0 Å². The number of aromatic nitrogens is 2. The van der Waals surface area contributed by atoms with Gasteiger partial charge in [-0.25, -0.2) is 0 Å². The number of nitrogens with zero attached hydrogens (tertiary/aromatic N) is 2. The summed E-state index contributed by atoms with van der Waals surface area (Å²) in [5.74, 6) is -0.992. The van der Waals surface area contributed by atoms with Gasteiger partial charge < -0.3 is 9.84 Å². The van der Waals surface area contributed by atoms with Gasteiger partial charge in [0.2, 0.25) is 11.8 Å². The molecule has 1 aromatic heterocycles. The molecule has 2 atom stereocenters. The highest BCUT2D eigenvalue weighted by molar-refractivity contribution is 5.86. The van der Waals surface area contributed by atoms with E-state index < -0.39 is 11.8 Å². The summed E-state index contributed by atoms with van der Waals surface area (Å²) >= 11 is 0. The van der Waals surface area contributed by atoms with Gasteiger partial charge in [0.05, 0.1) is 17.3 Å². The predicted molar refractivity (Wildman–Crippen MR) is 91.4 cm³/mol. The minimum Gasteiger partial charge on any atom is -0.508 e. The molecule has 0 amide bonds. The summed E-state index contributed by atoms with van der Waals surface area (Å²) in [7, 11) is 0. The van der Waals surface area contributed by atoms with Gasteiger partial charge in [-0.15, -0.1) is 5.10 Å². The second-order valence-electron chi connectivity index (χ2n) is 5.83. The third-order valence-corrected chi connectivity index (χ3v) is 4.33. The maximum atomic E-state index is 9.86. The normalized spacial score (nSPS) is 18.9. The lowest BCUT2D eigenvalue weighted by molar-refractivity contribution is 0.435. The van der Waals surface area contributed by atoms with Crippen LogP contribution in [-0.2, 0) is 0 Å². The third-order valence-electron chi connectivity index (χ3n) is 4.33. The molecule has 2 aromatic carbocycles. The van der Waals surface area contributed by atoms with E-state index in [1.807, 2.05) is 36.4 Å². The Bertz CT molecular complexity index is 988. The van der Waals surface area contributed by atoms with Crippen molar-refractivity contribution in [3.8, 4) is 29.0 Å². The lowest BCUT2D eigenvalue weighted by Crippen LogP contribution is -2.30. The van der Waals surface area contributed by atoms with E-state index in [4.69, 9.17) is 10.1 Å². The zero-order valence-corrected chi connectivity index (χ0v) is 13.1. The summed E-state index contributed by atoms with van der Waals surface area (Å²) in [5.41, 5.74) is 3.12. The molecule has 122 valence electrons. The number of aromatic hydroxyl groups is 1. The topological polar surface area (TPSA) is 106 Å². The summed E-state index contributed by atoms with van der Waals surface area (Å²) in [6.07, 6.45) is 0. The van der Waals surface area contributed by atoms with Gasteiger partial charge in [0.15, 0.2) is 0 Å². The Hall–Kier alpha value is -3.59. The van der Waals surface area contributed by atoms with Gasteiger partial charge in [-0.3, -0.25) is 10.5 Å². The number of aromatic amines is 1. The number of phenolic OH excluding ortho intramolecular Hbond substituents is 1. The molecule has 6 nitrogen and oxygen atoms in total. The molecule has 4 rings (SSSR count). The van der Waals surface area contributed by atoms with E-state index >= 15 is 0 Å². The predicted octanol–water partition coefficient (Wildman–Crippen LogP) is 3.42. The number of fused-ring (bicyclic) bond motifs is 1. The fourth-order valence-corrected chi connectivity index (χ4v) is 3.22. The van der Waals surface area contributed by atoms with Gasteiger partial charge in [0.1, 0.15) is 11.7 Å². The Labute approximate surface area is 143 Å². The highest BCUT2D eigenvalue weighted by Gasteiger charge is 2.40. The Kier molecular flexibility index (Phi) is 3.47. The molecule has 0 fully saturated rings. The van der Waals surface area contributed by atoms with E-state index in [2.05, 4.69) is 16.3 Å². The molecular formula is C19H14N4O2. The van der Waals surface area contributed by atoms with Crippen molar-refractivity contribution in [2.24, 2.45) is 5.92 Å². The van der Waals surface area contributed by atoms with Crippen LogP contribution in [0.1, 0.15) is 17.0 Å². The van der Waals surface area contributed by atoms with Crippen molar-refractivity contribution in [3.05, 3.63) is 65.7 Å². The molecule has 2 heterocycles. The van der Waals surface area contributed by atoms with Crippen molar-refractivity contribution < 1.29 is 9.84 Å². The van der Waals surface area contributed by atoms with Crippen LogP contribution in [0, 0.1) is 22.7 Å². The van der Waals surface area contributed by atoms with Crippen LogP contribution in [0.25, 0.3) is 11.3 Å². The van der Waals surface area contributed by atoms with Gasteiger partial charge in [-0.2, -0.15) is 5.26 Å². The molecule has 3 aromatic rings. The Morgan fingerprint density at radius 1 is 1.16 bits per heavy atom. The SMILES string of the molecule is N#CC1C(=N)Oc2n[nH]c(-c3ccccc3)c2C1c1cccc(O)c1. The average Bonchev–Trinajstić information content (AvgIpc) is 3.04. The molecule has 2 unspecified atom stereocenters. The molecule has 0 radical (unpaired) electrons. The summed E-state index contributed by atoms with van der Waals surface area (Å²) in [4.78, 5) is 0. The summed E-state index contributed by atoms with van der Waals surface area (Å²) in [6.45, 7) is 0. The van der Waals surface area contributed by atoms with Crippen LogP contribution in [0.15, 0.2) is 54.6 Å². The number of benzene rings is 2. The van der Waals surface area contributed by atoms with Crippen molar-refractivity contribution >= 4 is 5.90 Å². The van der Waals surface area contributed by atoms with Crippen LogP contribution in [-0.4, -0.2) is 21.2 Å². The maximum Gasteiger partial charge on any atom is 0.244 e. The number of hydrogen-bond donors (Lipinski definition) is 3. The molecule has 1 aliphatic heterocycles. The first-order chi connectivity index (χ1) is 12.2. The second kappa shape index (κ2) is 5.80. The van der Waals surface area contributed by atoms with Gasteiger partial charge in [0.25, 0.3) is 0 Å². The number of phenols is 1. The summed E-state index contributed by atoms with van der Waals surface area (Å²) in [6, 6.07) is 18.5. The van der Waals surface area contributed by atoms with Crippen molar-refractivity contribution in [1.82, 2.24) is 10.2 Å². The monoisotopic (exact) mass is 330 g/mol. The van der Waals surface area contributed by atoms with Crippen molar-refractivity contribution in [2.45, 2.75) is 5.92 Å². The molecular weight excluding hydrogens is 316 g/mol. The van der Waals surface area contributed by atoms with Crippen LogP contribution in [0.3, 0.4) is 0 Å². The van der Waals surface area contributed by atoms with Crippen LogP contribution >= 0.6 is 0 Å². The standard InChI is InChI=1S/C19H14N4O2/c20-10-14-15(12-7-4-8-13(24)9-12)16-17(11-5-2-1-3-6-11)22-23-19(16)25-18(14)21/h1-9,14-15,21,24H,(H,22,23). The number of rotatable bonds is 2. The molecule has 0 saturated carbocycles. The van der Waals surface area contributed by atoms with Gasteiger partial charge in [-0.05, 0) is 23.3 Å². The van der Waals surface area contributed by atoms with E-state index in [1.165, 1.54) is 0 Å². The minimum absolute atomic E-state index is 0.110. The van der Waals surface area contributed by atoms with Crippen molar-refractivity contribution in [3.63, 3.8) is 0 Å². The van der Waals surface area contributed by atoms with E-state index in [1.54, 1.807) is 18.2 Å². The zero-order chi connectivity index (χ0) is 17.4. The number of nitriles is 1. The lowest BCUT2D eigenvalue weighted by atomic mass is 9.79. The molecule has 0 spiro atoms. The molecule has 0 bridgehead atoms. The smallest absolute Gasteiger partial charge is 0.244 e. The molecule has 6 heteroatoms. The van der Waals surface area contributed by atoms with E-state index in [-0.39, 0.29) is 11.6 Å². The maximum absolute atomic E-state index is 9.86. The van der Waals surface area contributed by atoms with E-state index in [0.717, 1.165) is 22.4 Å². The number of nitrogens with one attached hydrogen (secondary N) is 2. The number of ether oxygens (including phenoxy) is 1. The van der Waals surface area contributed by atoms with Crippen LogP contribution < -0.4 is 4.74 Å². The fourth-order valence-electron chi connectivity index (χ4n) is 3.22. The van der Waals surface area contributed by atoms with Crippen LogP contribution in [0.4, 0.5) is 0 Å². The Balaban J connectivity index is 1.95. The van der Waals surface area contributed by atoms with Gasteiger partial charge in [-0.1, -0.05) is 42.5 Å². The Morgan fingerprint density at radius 2 is 1.96 bits per heavy atom. The zero-order valence-electron chi connectivity index (χ0n) is 13.1. The Morgan fingerprint density at radius 3 is 2.68 bits per heavy atom. The van der Waals surface area contributed by atoms with Crippen LogP contribution in [0.5, 0.6) is 11.6 Å². The highest BCUT2D eigenvalue weighted by Crippen LogP contribution is 2.45. The van der Waals surface area contributed by atoms with Gasteiger partial charge in [0, 0.05) is 5.92 Å². The largest absolute Gasteiger partial charge is 0.508 e. The molecule has 0 saturated heterocycles. The lowest BCUT2D eigenvalue weighted by Gasteiger charge is -2.28. The number of H-pyrrole nitrogens is 1. The van der Waals surface area contributed by atoms with Crippen molar-refractivity contribution in [2.75, 3.05) is 0 Å². The first-order valence-corrected chi connectivity index (χ1v) is 7.77. The first kappa shape index (κ1) is 15.0. The minimum atomic E-state index is -0.797. The van der Waals surface area contributed by atoms with E-state index in [9.17, 15) is 10.4 Å². The average molecular weight is 330 g/mol. The first-order valence-electron chi connectivity index (χ1n) is 7.77.